The van der Waals surface area contributed by atoms with Gasteiger partial charge in [0, 0.05) is 0 Å². The number of rotatable bonds is 5. The minimum atomic E-state index is -1.30. The molecule has 3 rings (SSSR count). The minimum absolute atomic E-state index is 0.163. The zero-order valence-electron chi connectivity index (χ0n) is 13.8. The lowest BCUT2D eigenvalue weighted by atomic mass is 9.78. The van der Waals surface area contributed by atoms with Crippen molar-refractivity contribution in [2.24, 2.45) is 0 Å². The third-order valence-electron chi connectivity index (χ3n) is 4.62. The lowest BCUT2D eigenvalue weighted by molar-refractivity contribution is -0.245. The molecule has 0 bridgehead atoms. The summed E-state index contributed by atoms with van der Waals surface area (Å²) >= 11 is 0. The monoisotopic (exact) mass is 322 g/mol. The van der Waals surface area contributed by atoms with Gasteiger partial charge in [-0.2, -0.15) is 0 Å². The topological polar surface area (TPSA) is 68.2 Å². The first-order chi connectivity index (χ1) is 10.9. The Balaban J connectivity index is 1.66. The molecule has 1 aliphatic carbocycles. The van der Waals surface area contributed by atoms with E-state index in [1.807, 2.05) is 30.3 Å². The van der Waals surface area contributed by atoms with Crippen LogP contribution in [-0.4, -0.2) is 46.5 Å². The second-order valence-electron chi connectivity index (χ2n) is 7.03. The maximum absolute atomic E-state index is 11.1. The fourth-order valence-electron chi connectivity index (χ4n) is 3.57. The molecule has 2 fully saturated rings. The van der Waals surface area contributed by atoms with Gasteiger partial charge in [0.1, 0.15) is 17.8 Å². The lowest BCUT2D eigenvalue weighted by Crippen LogP contribution is -2.57. The summed E-state index contributed by atoms with van der Waals surface area (Å²) in [7, 11) is 0. The summed E-state index contributed by atoms with van der Waals surface area (Å²) in [5.74, 6) is -1.30. The Morgan fingerprint density at radius 3 is 2.74 bits per heavy atom. The minimum Gasteiger partial charge on any atom is -0.384 e. The number of hydrogen-bond donors (Lipinski definition) is 2. The van der Waals surface area contributed by atoms with Gasteiger partial charge in [-0.3, -0.25) is 0 Å². The van der Waals surface area contributed by atoms with Gasteiger partial charge in [0.2, 0.25) is 0 Å². The van der Waals surface area contributed by atoms with E-state index in [1.54, 1.807) is 13.8 Å². The van der Waals surface area contributed by atoms with Crippen LogP contribution in [0.2, 0.25) is 0 Å². The molecule has 0 amide bonds. The van der Waals surface area contributed by atoms with E-state index in [0.29, 0.717) is 13.0 Å². The first-order valence-corrected chi connectivity index (χ1v) is 8.28. The van der Waals surface area contributed by atoms with Crippen LogP contribution in [0.1, 0.15) is 38.7 Å². The molecule has 1 aromatic carbocycles. The molecular weight excluding hydrogens is 296 g/mol. The molecule has 4 atom stereocenters. The number of fused-ring (bicyclic) bond motifs is 1. The van der Waals surface area contributed by atoms with Crippen LogP contribution in [-0.2, 0) is 20.8 Å². The lowest BCUT2D eigenvalue weighted by Gasteiger charge is -2.42. The molecule has 0 aromatic heterocycles. The average molecular weight is 322 g/mol. The van der Waals surface area contributed by atoms with Crippen molar-refractivity contribution in [2.45, 2.75) is 69.4 Å². The van der Waals surface area contributed by atoms with Gasteiger partial charge in [0.25, 0.3) is 0 Å². The molecule has 23 heavy (non-hydrogen) atoms. The quantitative estimate of drug-likeness (QED) is 0.812. The van der Waals surface area contributed by atoms with Crippen LogP contribution >= 0.6 is 0 Å². The van der Waals surface area contributed by atoms with Crippen LogP contribution in [0, 0.1) is 0 Å². The number of hydrogen-bond acceptors (Lipinski definition) is 5. The van der Waals surface area contributed by atoms with Crippen molar-refractivity contribution in [3.05, 3.63) is 35.9 Å². The van der Waals surface area contributed by atoms with Crippen LogP contribution in [0.15, 0.2) is 30.3 Å². The highest BCUT2D eigenvalue weighted by molar-refractivity contribution is 5.14. The molecule has 1 aliphatic heterocycles. The van der Waals surface area contributed by atoms with Crippen molar-refractivity contribution in [2.75, 3.05) is 6.61 Å². The predicted molar refractivity (Wildman–Crippen MR) is 84.7 cm³/mol. The first kappa shape index (κ1) is 16.9. The number of aliphatic hydroxyl groups is 2. The summed E-state index contributed by atoms with van der Waals surface area (Å²) in [5.41, 5.74) is 0.00322. The molecule has 5 nitrogen and oxygen atoms in total. The van der Waals surface area contributed by atoms with Gasteiger partial charge < -0.3 is 24.4 Å². The molecule has 1 saturated heterocycles. The van der Waals surface area contributed by atoms with Gasteiger partial charge in [-0.15, -0.1) is 0 Å². The van der Waals surface area contributed by atoms with E-state index >= 15 is 0 Å². The summed E-state index contributed by atoms with van der Waals surface area (Å²) < 4.78 is 17.4. The Morgan fingerprint density at radius 1 is 1.30 bits per heavy atom. The van der Waals surface area contributed by atoms with Crippen LogP contribution in [0.4, 0.5) is 0 Å². The van der Waals surface area contributed by atoms with Crippen LogP contribution < -0.4 is 0 Å². The molecule has 0 spiro atoms. The molecule has 2 N–H and O–H groups in total. The van der Waals surface area contributed by atoms with Crippen molar-refractivity contribution in [1.29, 1.82) is 0 Å². The van der Waals surface area contributed by atoms with E-state index in [0.717, 1.165) is 18.4 Å². The smallest absolute Gasteiger partial charge is 0.160 e. The molecule has 0 radical (unpaired) electrons. The third kappa shape index (κ3) is 3.75. The van der Waals surface area contributed by atoms with Crippen LogP contribution in [0.5, 0.6) is 0 Å². The molecule has 1 aromatic rings. The van der Waals surface area contributed by atoms with E-state index in [9.17, 15) is 10.2 Å². The highest BCUT2D eigenvalue weighted by Crippen LogP contribution is 2.42. The van der Waals surface area contributed by atoms with Crippen molar-refractivity contribution in [1.82, 2.24) is 0 Å². The number of ether oxygens (including phenoxy) is 3. The molecule has 5 heteroatoms. The van der Waals surface area contributed by atoms with E-state index in [2.05, 4.69) is 0 Å². The predicted octanol–water partition coefficient (Wildman–Crippen LogP) is 2.00. The van der Waals surface area contributed by atoms with Crippen molar-refractivity contribution in [3.8, 4) is 0 Å². The van der Waals surface area contributed by atoms with Crippen molar-refractivity contribution in [3.63, 3.8) is 0 Å². The first-order valence-electron chi connectivity index (χ1n) is 8.28. The second-order valence-corrected chi connectivity index (χ2v) is 7.03. The fourth-order valence-corrected chi connectivity index (χ4v) is 3.57. The molecule has 1 saturated carbocycles. The molecule has 4 unspecified atom stereocenters. The largest absolute Gasteiger partial charge is 0.384 e. The van der Waals surface area contributed by atoms with Crippen LogP contribution in [0.3, 0.4) is 0 Å². The Hall–Kier alpha value is -0.980. The van der Waals surface area contributed by atoms with Gasteiger partial charge in [-0.05, 0) is 38.7 Å². The van der Waals surface area contributed by atoms with E-state index in [1.165, 1.54) is 0 Å². The molecule has 1 heterocycles. The number of benzene rings is 1. The Labute approximate surface area is 137 Å². The Kier molecular flexibility index (Phi) is 4.76. The van der Waals surface area contributed by atoms with Gasteiger partial charge in [-0.1, -0.05) is 30.3 Å². The Bertz CT molecular complexity index is 512. The third-order valence-corrected chi connectivity index (χ3v) is 4.62. The summed E-state index contributed by atoms with van der Waals surface area (Å²) in [4.78, 5) is 0. The normalized spacial score (nSPS) is 34.3. The van der Waals surface area contributed by atoms with Gasteiger partial charge >= 0.3 is 0 Å². The summed E-state index contributed by atoms with van der Waals surface area (Å²) in [6, 6.07) is 9.97. The molecule has 128 valence electrons. The van der Waals surface area contributed by atoms with E-state index in [4.69, 9.17) is 14.2 Å². The van der Waals surface area contributed by atoms with Crippen molar-refractivity contribution < 1.29 is 24.4 Å². The van der Waals surface area contributed by atoms with Gasteiger partial charge in [-0.25, -0.2) is 0 Å². The summed E-state index contributed by atoms with van der Waals surface area (Å²) in [6.45, 7) is 3.90. The highest BCUT2D eigenvalue weighted by Gasteiger charge is 2.57. The maximum Gasteiger partial charge on any atom is 0.160 e. The van der Waals surface area contributed by atoms with E-state index in [-0.39, 0.29) is 12.7 Å². The molecule has 2 aliphatic rings. The average Bonchev–Trinajstić information content (AvgIpc) is 2.82. The standard InChI is InChI=1S/C18H26O5/c1-17(2,19)23-15-12-22-16-14(9-6-10-18(15,16)20)21-11-13-7-4-3-5-8-13/h3-5,7-8,14-16,19-20H,6,9-12H2,1-2H3. The summed E-state index contributed by atoms with van der Waals surface area (Å²) in [6.07, 6.45) is 1.20. The van der Waals surface area contributed by atoms with Crippen LogP contribution in [0.25, 0.3) is 0 Å². The zero-order valence-corrected chi connectivity index (χ0v) is 13.8. The molecular formula is C18H26O5. The Morgan fingerprint density at radius 2 is 2.04 bits per heavy atom. The second kappa shape index (κ2) is 6.49. The van der Waals surface area contributed by atoms with Gasteiger partial charge in [0.05, 0.1) is 19.3 Å². The zero-order chi connectivity index (χ0) is 16.5. The SMILES string of the molecule is CC(C)(O)OC1COC2C(OCc3ccccc3)CCCC12O. The van der Waals surface area contributed by atoms with Crippen molar-refractivity contribution >= 4 is 0 Å². The van der Waals surface area contributed by atoms with E-state index < -0.39 is 23.6 Å². The fraction of sp³-hybridized carbons (Fsp3) is 0.667. The maximum atomic E-state index is 11.1. The summed E-state index contributed by atoms with van der Waals surface area (Å²) in [5, 5.41) is 20.9. The van der Waals surface area contributed by atoms with Gasteiger partial charge in [0.15, 0.2) is 5.79 Å². The highest BCUT2D eigenvalue weighted by atomic mass is 16.7.